The lowest BCUT2D eigenvalue weighted by Crippen LogP contribution is -1.94. The van der Waals surface area contributed by atoms with E-state index in [9.17, 15) is 4.79 Å². The predicted octanol–water partition coefficient (Wildman–Crippen LogP) is 2.70. The summed E-state index contributed by atoms with van der Waals surface area (Å²) in [7, 11) is 0. The van der Waals surface area contributed by atoms with Crippen LogP contribution in [0.2, 0.25) is 0 Å². The fourth-order valence-electron chi connectivity index (χ4n) is 1.63. The Labute approximate surface area is 107 Å². The number of aromatic nitrogens is 1. The van der Waals surface area contributed by atoms with E-state index in [1.807, 2.05) is 0 Å². The van der Waals surface area contributed by atoms with Crippen molar-refractivity contribution in [2.45, 2.75) is 6.61 Å². The Hall–Kier alpha value is -2.76. The molecular weight excluding hydrogens is 250 g/mol. The third-order valence-corrected chi connectivity index (χ3v) is 2.53. The van der Waals surface area contributed by atoms with Crippen LogP contribution in [-0.2, 0) is 6.61 Å². The van der Waals surface area contributed by atoms with Gasteiger partial charge in [-0.25, -0.2) is 4.79 Å². The van der Waals surface area contributed by atoms with E-state index in [1.54, 1.807) is 24.5 Å². The van der Waals surface area contributed by atoms with Crippen LogP contribution in [0.25, 0.3) is 11.1 Å². The summed E-state index contributed by atoms with van der Waals surface area (Å²) in [6.45, 7) is 0.200. The second-order valence-electron chi connectivity index (χ2n) is 3.84. The van der Waals surface area contributed by atoms with Crippen LogP contribution in [0.5, 0.6) is 6.08 Å². The average molecular weight is 259 g/mol. The predicted molar refractivity (Wildman–Crippen MR) is 64.0 cm³/mol. The normalized spacial score (nSPS) is 10.7. The number of rotatable bonds is 4. The van der Waals surface area contributed by atoms with Crippen LogP contribution >= 0.6 is 0 Å². The molecule has 0 bridgehead atoms. The van der Waals surface area contributed by atoms with Crippen molar-refractivity contribution in [3.8, 4) is 6.08 Å². The van der Waals surface area contributed by atoms with Crippen molar-refractivity contribution in [3.63, 3.8) is 0 Å². The summed E-state index contributed by atoms with van der Waals surface area (Å²) in [5.41, 5.74) is 1.05. The maximum Gasteiger partial charge on any atom is 0.395 e. The molecule has 1 aromatic carbocycles. The van der Waals surface area contributed by atoms with Gasteiger partial charge in [-0.2, -0.15) is 4.98 Å². The lowest BCUT2D eigenvalue weighted by atomic mass is 10.2. The van der Waals surface area contributed by atoms with E-state index in [1.165, 1.54) is 12.1 Å². The lowest BCUT2D eigenvalue weighted by molar-refractivity contribution is 0.0697. The van der Waals surface area contributed by atoms with Crippen molar-refractivity contribution in [1.29, 1.82) is 0 Å². The minimum atomic E-state index is -1.02. The molecule has 0 saturated carbocycles. The first-order valence-electron chi connectivity index (χ1n) is 5.51. The van der Waals surface area contributed by atoms with Crippen molar-refractivity contribution < 1.29 is 23.5 Å². The van der Waals surface area contributed by atoms with Crippen LogP contribution in [0, 0.1) is 0 Å². The van der Waals surface area contributed by atoms with Gasteiger partial charge in [0.25, 0.3) is 0 Å². The number of oxazole rings is 1. The van der Waals surface area contributed by atoms with E-state index in [0.717, 1.165) is 0 Å². The molecule has 0 unspecified atom stereocenters. The van der Waals surface area contributed by atoms with Gasteiger partial charge in [0.1, 0.15) is 11.3 Å². The first-order valence-corrected chi connectivity index (χ1v) is 5.51. The molecule has 0 aliphatic rings. The van der Waals surface area contributed by atoms with E-state index >= 15 is 0 Å². The van der Waals surface area contributed by atoms with Gasteiger partial charge in [-0.15, -0.1) is 0 Å². The van der Waals surface area contributed by atoms with Gasteiger partial charge in [-0.3, -0.25) is 0 Å². The van der Waals surface area contributed by atoms with Crippen molar-refractivity contribution in [1.82, 2.24) is 4.98 Å². The summed E-state index contributed by atoms with van der Waals surface area (Å²) < 4.78 is 15.7. The molecule has 6 heteroatoms. The zero-order valence-corrected chi connectivity index (χ0v) is 9.70. The number of carboxylic acids is 1. The minimum Gasteiger partial charge on any atom is -0.478 e. The van der Waals surface area contributed by atoms with Gasteiger partial charge in [0.05, 0.1) is 11.8 Å². The summed E-state index contributed by atoms with van der Waals surface area (Å²) in [5.74, 6) is -0.371. The monoisotopic (exact) mass is 259 g/mol. The molecule has 0 amide bonds. The summed E-state index contributed by atoms with van der Waals surface area (Å²) >= 11 is 0. The Bertz CT molecular complexity index is 714. The number of hydrogen-bond donors (Lipinski definition) is 1. The highest BCUT2D eigenvalue weighted by Gasteiger charge is 2.11. The van der Waals surface area contributed by atoms with Gasteiger partial charge in [0, 0.05) is 0 Å². The average Bonchev–Trinajstić information content (AvgIpc) is 3.04. The number of hydrogen-bond acceptors (Lipinski definition) is 5. The number of carboxylic acid groups (broad SMARTS) is 1. The van der Waals surface area contributed by atoms with Gasteiger partial charge in [0.15, 0.2) is 12.2 Å². The minimum absolute atomic E-state index is 0.0777. The number of furan rings is 1. The molecule has 2 heterocycles. The largest absolute Gasteiger partial charge is 0.478 e. The van der Waals surface area contributed by atoms with Crippen LogP contribution in [0.15, 0.2) is 45.4 Å². The van der Waals surface area contributed by atoms with E-state index < -0.39 is 5.97 Å². The van der Waals surface area contributed by atoms with E-state index in [2.05, 4.69) is 4.98 Å². The van der Waals surface area contributed by atoms with Crippen LogP contribution in [0.1, 0.15) is 16.1 Å². The lowest BCUT2D eigenvalue weighted by Gasteiger charge is -1.96. The van der Waals surface area contributed by atoms with Crippen LogP contribution in [-0.4, -0.2) is 16.1 Å². The molecule has 0 aliphatic heterocycles. The molecule has 0 atom stereocenters. The summed E-state index contributed by atoms with van der Waals surface area (Å²) in [4.78, 5) is 14.9. The van der Waals surface area contributed by atoms with E-state index in [-0.39, 0.29) is 18.2 Å². The smallest absolute Gasteiger partial charge is 0.395 e. The molecule has 0 aliphatic carbocycles. The summed E-state index contributed by atoms with van der Waals surface area (Å²) in [5, 5.41) is 8.87. The topological polar surface area (TPSA) is 85.7 Å². The molecule has 2 aromatic heterocycles. The highest BCUT2D eigenvalue weighted by molar-refractivity contribution is 5.91. The molecule has 3 rings (SSSR count). The second kappa shape index (κ2) is 4.49. The molecule has 0 fully saturated rings. The third kappa shape index (κ3) is 2.28. The first-order chi connectivity index (χ1) is 9.22. The van der Waals surface area contributed by atoms with E-state index in [0.29, 0.717) is 16.9 Å². The number of benzene rings is 1. The van der Waals surface area contributed by atoms with Gasteiger partial charge in [-0.05, 0) is 30.3 Å². The van der Waals surface area contributed by atoms with Crippen LogP contribution in [0.3, 0.4) is 0 Å². The van der Waals surface area contributed by atoms with Crippen LogP contribution < -0.4 is 4.74 Å². The third-order valence-electron chi connectivity index (χ3n) is 2.53. The Morgan fingerprint density at radius 2 is 2.26 bits per heavy atom. The standard InChI is InChI=1S/C13H9NO5/c15-12(16)8-3-4-10-11(6-8)19-13(14-10)18-7-9-2-1-5-17-9/h1-6H,7H2,(H,15,16). The van der Waals surface area contributed by atoms with Gasteiger partial charge in [-0.1, -0.05) is 0 Å². The Morgan fingerprint density at radius 1 is 1.37 bits per heavy atom. The van der Waals surface area contributed by atoms with Crippen molar-refractivity contribution >= 4 is 17.1 Å². The number of aromatic carboxylic acids is 1. The molecule has 0 radical (unpaired) electrons. The summed E-state index contributed by atoms with van der Waals surface area (Å²) in [6, 6.07) is 7.96. The molecule has 0 saturated heterocycles. The number of fused-ring (bicyclic) bond motifs is 1. The fourth-order valence-corrected chi connectivity index (χ4v) is 1.63. The highest BCUT2D eigenvalue weighted by Crippen LogP contribution is 2.22. The second-order valence-corrected chi connectivity index (χ2v) is 3.84. The van der Waals surface area contributed by atoms with Crippen molar-refractivity contribution in [2.75, 3.05) is 0 Å². The van der Waals surface area contributed by atoms with Crippen molar-refractivity contribution in [2.24, 2.45) is 0 Å². The highest BCUT2D eigenvalue weighted by atomic mass is 16.6. The number of nitrogens with zero attached hydrogens (tertiary/aromatic N) is 1. The first kappa shape index (κ1) is 11.3. The Kier molecular flexibility index (Phi) is 2.68. The molecule has 19 heavy (non-hydrogen) atoms. The molecule has 1 N–H and O–H groups in total. The maximum absolute atomic E-state index is 10.8. The zero-order chi connectivity index (χ0) is 13.2. The van der Waals surface area contributed by atoms with Gasteiger partial charge in [0.2, 0.25) is 0 Å². The molecule has 3 aromatic rings. The van der Waals surface area contributed by atoms with Gasteiger partial charge < -0.3 is 18.7 Å². The number of carbonyl (C=O) groups is 1. The SMILES string of the molecule is O=C(O)c1ccc2nc(OCc3ccco3)oc2c1. The molecular formula is C13H9NO5. The summed E-state index contributed by atoms with van der Waals surface area (Å²) in [6.07, 6.45) is 1.62. The zero-order valence-electron chi connectivity index (χ0n) is 9.70. The molecule has 6 nitrogen and oxygen atoms in total. The quantitative estimate of drug-likeness (QED) is 0.775. The van der Waals surface area contributed by atoms with Crippen molar-refractivity contribution in [3.05, 3.63) is 47.9 Å². The Balaban J connectivity index is 1.83. The van der Waals surface area contributed by atoms with Crippen LogP contribution in [0.4, 0.5) is 0 Å². The fraction of sp³-hybridized carbons (Fsp3) is 0.0769. The van der Waals surface area contributed by atoms with Gasteiger partial charge >= 0.3 is 12.0 Å². The maximum atomic E-state index is 10.8. The molecule has 0 spiro atoms. The Morgan fingerprint density at radius 3 is 3.00 bits per heavy atom. The molecule has 96 valence electrons. The number of ether oxygens (including phenoxy) is 1. The van der Waals surface area contributed by atoms with E-state index in [4.69, 9.17) is 18.7 Å².